The molecule has 0 aliphatic rings. The van der Waals surface area contributed by atoms with Crippen LogP contribution in [0.1, 0.15) is 56.4 Å². The summed E-state index contributed by atoms with van der Waals surface area (Å²) in [7, 11) is 0. The maximum Gasteiger partial charge on any atom is 0.141 e. The predicted molar refractivity (Wildman–Crippen MR) is 120 cm³/mol. The third-order valence-electron chi connectivity index (χ3n) is 4.68. The zero-order chi connectivity index (χ0) is 20.9. The first kappa shape index (κ1) is 24.1. The fourth-order valence-electron chi connectivity index (χ4n) is 3.15. The third kappa shape index (κ3) is 8.36. The zero-order valence-corrected chi connectivity index (χ0v) is 18.2. The Morgan fingerprint density at radius 1 is 1.39 bits per heavy atom. The van der Waals surface area contributed by atoms with Crippen molar-refractivity contribution in [2.45, 2.75) is 66.0 Å². The number of ether oxygens (including phenoxy) is 1. The number of allylic oxidation sites excluding steroid dienone is 1. The Kier molecular flexibility index (Phi) is 11.4. The molecule has 0 aromatic carbocycles. The second-order valence-electron chi connectivity index (χ2n) is 7.37. The highest BCUT2D eigenvalue weighted by atomic mass is 16.5. The molecule has 0 amide bonds. The summed E-state index contributed by atoms with van der Waals surface area (Å²) < 4.78 is 6.07. The van der Waals surface area contributed by atoms with Crippen molar-refractivity contribution in [1.29, 1.82) is 0 Å². The molecule has 0 saturated carbocycles. The van der Waals surface area contributed by atoms with E-state index < -0.39 is 0 Å². The van der Waals surface area contributed by atoms with Gasteiger partial charge >= 0.3 is 0 Å². The number of pyridine rings is 1. The second-order valence-corrected chi connectivity index (χ2v) is 7.37. The highest BCUT2D eigenvalue weighted by Crippen LogP contribution is 2.18. The summed E-state index contributed by atoms with van der Waals surface area (Å²) in [5.74, 6) is 0.716. The van der Waals surface area contributed by atoms with Crippen molar-refractivity contribution in [3.05, 3.63) is 53.2 Å². The van der Waals surface area contributed by atoms with Crippen LogP contribution in [0, 0.1) is 13.8 Å². The van der Waals surface area contributed by atoms with Gasteiger partial charge in [-0.3, -0.25) is 14.9 Å². The molecule has 2 N–H and O–H groups in total. The van der Waals surface area contributed by atoms with Crippen LogP contribution in [0.3, 0.4) is 0 Å². The third-order valence-corrected chi connectivity index (χ3v) is 4.68. The van der Waals surface area contributed by atoms with Crippen LogP contribution in [0.4, 0.5) is 0 Å². The van der Waals surface area contributed by atoms with Gasteiger partial charge in [0.25, 0.3) is 0 Å². The van der Waals surface area contributed by atoms with Crippen LogP contribution < -0.4 is 5.73 Å². The average molecular weight is 387 g/mol. The van der Waals surface area contributed by atoms with Crippen molar-refractivity contribution in [2.24, 2.45) is 10.7 Å². The van der Waals surface area contributed by atoms with Gasteiger partial charge in [-0.15, -0.1) is 0 Å². The lowest BCUT2D eigenvalue weighted by Crippen LogP contribution is -2.28. The molecule has 0 spiro atoms. The van der Waals surface area contributed by atoms with E-state index in [2.05, 4.69) is 61.9 Å². The van der Waals surface area contributed by atoms with E-state index in [1.807, 2.05) is 6.20 Å². The summed E-state index contributed by atoms with van der Waals surface area (Å²) in [4.78, 5) is 11.2. The van der Waals surface area contributed by atoms with Gasteiger partial charge in [0, 0.05) is 19.3 Å². The topological polar surface area (TPSA) is 63.7 Å². The Hall–Kier alpha value is -1.98. The molecule has 156 valence electrons. The minimum absolute atomic E-state index is 0.126. The van der Waals surface area contributed by atoms with E-state index in [1.165, 1.54) is 11.1 Å². The van der Waals surface area contributed by atoms with Crippen molar-refractivity contribution in [2.75, 3.05) is 19.6 Å². The van der Waals surface area contributed by atoms with E-state index >= 15 is 0 Å². The van der Waals surface area contributed by atoms with Crippen molar-refractivity contribution in [1.82, 2.24) is 9.88 Å². The molecular formula is C23H38N4O. The Labute approximate surface area is 171 Å². The molecule has 0 saturated heterocycles. The molecule has 1 rings (SSSR count). The molecule has 1 aromatic heterocycles. The number of aryl methyl sites for hydroxylation is 2. The monoisotopic (exact) mass is 386 g/mol. The highest BCUT2D eigenvalue weighted by molar-refractivity contribution is 5.33. The van der Waals surface area contributed by atoms with Gasteiger partial charge in [-0.1, -0.05) is 26.0 Å². The average Bonchev–Trinajstić information content (AvgIpc) is 2.66. The molecule has 5 nitrogen and oxygen atoms in total. The Balaban J connectivity index is 3.01. The van der Waals surface area contributed by atoms with Crippen molar-refractivity contribution in [3.63, 3.8) is 0 Å². The Morgan fingerprint density at radius 3 is 2.71 bits per heavy atom. The standard InChI is InChI=1S/C23H38N4O/c1-7-11-20(5)28-23(8-2)22(25-6)17-27(13-10-9-12-24)16-21-19(4)14-18(3)15-26-21/h8,14-15,20H,2,6-7,9-13,16-17,24H2,1,3-5H3/b23-22+. The molecule has 0 bridgehead atoms. The highest BCUT2D eigenvalue weighted by Gasteiger charge is 2.15. The predicted octanol–water partition coefficient (Wildman–Crippen LogP) is 4.54. The number of aliphatic imine (C=N–C) groups is 1. The summed E-state index contributed by atoms with van der Waals surface area (Å²) in [6, 6.07) is 2.17. The van der Waals surface area contributed by atoms with E-state index in [9.17, 15) is 0 Å². The number of unbranched alkanes of at least 4 members (excludes halogenated alkanes) is 1. The lowest BCUT2D eigenvalue weighted by molar-refractivity contribution is 0.127. The summed E-state index contributed by atoms with van der Waals surface area (Å²) in [5, 5.41) is 0. The van der Waals surface area contributed by atoms with Crippen LogP contribution >= 0.6 is 0 Å². The molecule has 0 fully saturated rings. The molecule has 1 unspecified atom stereocenters. The molecule has 0 radical (unpaired) electrons. The van der Waals surface area contributed by atoms with Crippen LogP contribution in [0.25, 0.3) is 0 Å². The van der Waals surface area contributed by atoms with E-state index in [0.717, 1.165) is 50.2 Å². The quantitative estimate of drug-likeness (QED) is 0.221. The number of hydrogen-bond acceptors (Lipinski definition) is 5. The van der Waals surface area contributed by atoms with Crippen LogP contribution in [0.2, 0.25) is 0 Å². The minimum Gasteiger partial charge on any atom is -0.489 e. The number of hydrogen-bond donors (Lipinski definition) is 1. The van der Waals surface area contributed by atoms with Gasteiger partial charge in [0.1, 0.15) is 5.76 Å². The lowest BCUT2D eigenvalue weighted by Gasteiger charge is -2.24. The maximum absolute atomic E-state index is 6.07. The van der Waals surface area contributed by atoms with Gasteiger partial charge in [0.2, 0.25) is 0 Å². The first-order valence-corrected chi connectivity index (χ1v) is 10.3. The van der Waals surface area contributed by atoms with Crippen LogP contribution in [0.15, 0.2) is 41.4 Å². The number of nitrogens with two attached hydrogens (primary N) is 1. The summed E-state index contributed by atoms with van der Waals surface area (Å²) in [5.41, 5.74) is 9.97. The lowest BCUT2D eigenvalue weighted by atomic mass is 10.1. The summed E-state index contributed by atoms with van der Waals surface area (Å²) in [6.07, 6.45) is 7.89. The van der Waals surface area contributed by atoms with E-state index in [0.29, 0.717) is 18.8 Å². The molecule has 28 heavy (non-hydrogen) atoms. The first-order chi connectivity index (χ1) is 13.4. The van der Waals surface area contributed by atoms with Gasteiger partial charge in [0.05, 0.1) is 17.5 Å². The normalized spacial score (nSPS) is 13.2. The fourth-order valence-corrected chi connectivity index (χ4v) is 3.15. The number of rotatable bonds is 14. The fraction of sp³-hybridized carbons (Fsp3) is 0.565. The first-order valence-electron chi connectivity index (χ1n) is 10.3. The molecule has 1 heterocycles. The van der Waals surface area contributed by atoms with Crippen LogP contribution in [0.5, 0.6) is 0 Å². The van der Waals surface area contributed by atoms with Crippen LogP contribution in [-0.2, 0) is 11.3 Å². The van der Waals surface area contributed by atoms with Gasteiger partial charge in [0.15, 0.2) is 0 Å². The Morgan fingerprint density at radius 2 is 2.14 bits per heavy atom. The Bertz CT molecular complexity index is 654. The summed E-state index contributed by atoms with van der Waals surface area (Å²) >= 11 is 0. The SMILES string of the molecule is C=C/C(OC(C)CCC)=C(/CN(CCCCN)Cc1ncc(C)cc1C)N=C. The van der Waals surface area contributed by atoms with E-state index in [1.54, 1.807) is 6.08 Å². The maximum atomic E-state index is 6.07. The van der Waals surface area contributed by atoms with Crippen molar-refractivity contribution >= 4 is 6.72 Å². The van der Waals surface area contributed by atoms with Gasteiger partial charge < -0.3 is 10.5 Å². The number of nitrogens with zero attached hydrogens (tertiary/aromatic N) is 3. The van der Waals surface area contributed by atoms with Crippen LogP contribution in [-0.4, -0.2) is 42.3 Å². The largest absolute Gasteiger partial charge is 0.489 e. The van der Waals surface area contributed by atoms with Gasteiger partial charge in [-0.05, 0) is 77.0 Å². The molecule has 5 heteroatoms. The molecule has 0 aliphatic heterocycles. The van der Waals surface area contributed by atoms with Gasteiger partial charge in [-0.25, -0.2) is 0 Å². The van der Waals surface area contributed by atoms with Crippen molar-refractivity contribution in [3.8, 4) is 0 Å². The summed E-state index contributed by atoms with van der Waals surface area (Å²) in [6.45, 7) is 19.1. The number of aromatic nitrogens is 1. The molecule has 1 aromatic rings. The molecular weight excluding hydrogens is 348 g/mol. The second kappa shape index (κ2) is 13.2. The zero-order valence-electron chi connectivity index (χ0n) is 18.2. The molecule has 0 aliphatic carbocycles. The van der Waals surface area contributed by atoms with Crippen molar-refractivity contribution < 1.29 is 4.74 Å². The minimum atomic E-state index is 0.126. The van der Waals surface area contributed by atoms with E-state index in [4.69, 9.17) is 10.5 Å². The van der Waals surface area contributed by atoms with E-state index in [-0.39, 0.29) is 6.10 Å². The molecule has 1 atom stereocenters. The smallest absolute Gasteiger partial charge is 0.141 e. The van der Waals surface area contributed by atoms with Gasteiger partial charge in [-0.2, -0.15) is 0 Å².